The number of aromatic nitrogens is 2. The van der Waals surface area contributed by atoms with Crippen LogP contribution in [-0.2, 0) is 6.54 Å². The molecule has 0 bridgehead atoms. The van der Waals surface area contributed by atoms with Gasteiger partial charge in [-0.25, -0.2) is 14.8 Å². The third kappa shape index (κ3) is 5.58. The number of rotatable bonds is 8. The van der Waals surface area contributed by atoms with E-state index in [4.69, 9.17) is 14.2 Å². The number of hydrogen-bond donors (Lipinski definition) is 2. The largest absolute Gasteiger partial charge is 0.493 e. The average Bonchev–Trinajstić information content (AvgIpc) is 2.79. The van der Waals surface area contributed by atoms with Gasteiger partial charge in [0.15, 0.2) is 16.7 Å². The molecule has 162 valence electrons. The number of nitrogens with one attached hydrogen (secondary N) is 2. The SMILES string of the molecule is COc1ccc(CNC(=O)Nc2ccc(Sc3ncccn3)cc2C)c(OC)c1OC. The fourth-order valence-electron chi connectivity index (χ4n) is 2.93. The maximum atomic E-state index is 12.4. The first-order valence-corrected chi connectivity index (χ1v) is 10.3. The topological polar surface area (TPSA) is 94.6 Å². The van der Waals surface area contributed by atoms with Crippen molar-refractivity contribution in [2.75, 3.05) is 26.6 Å². The smallest absolute Gasteiger partial charge is 0.319 e. The number of benzene rings is 2. The summed E-state index contributed by atoms with van der Waals surface area (Å²) in [5, 5.41) is 6.38. The van der Waals surface area contributed by atoms with Crippen LogP contribution in [0.15, 0.2) is 58.8 Å². The Labute approximate surface area is 185 Å². The summed E-state index contributed by atoms with van der Waals surface area (Å²) < 4.78 is 16.1. The van der Waals surface area contributed by atoms with Gasteiger partial charge >= 0.3 is 6.03 Å². The molecule has 0 unspecified atom stereocenters. The molecule has 0 saturated carbocycles. The zero-order valence-corrected chi connectivity index (χ0v) is 18.6. The second-order valence-electron chi connectivity index (χ2n) is 6.41. The molecule has 0 aliphatic carbocycles. The van der Waals surface area contributed by atoms with Gasteiger partial charge in [-0.2, -0.15) is 0 Å². The Balaban J connectivity index is 1.64. The Morgan fingerprint density at radius 1 is 1.00 bits per heavy atom. The molecule has 1 heterocycles. The van der Waals surface area contributed by atoms with E-state index < -0.39 is 0 Å². The number of ether oxygens (including phenoxy) is 3. The van der Waals surface area contributed by atoms with Crippen LogP contribution < -0.4 is 24.8 Å². The van der Waals surface area contributed by atoms with Gasteiger partial charge in [0, 0.05) is 35.1 Å². The van der Waals surface area contributed by atoms with Gasteiger partial charge in [0.05, 0.1) is 21.3 Å². The summed E-state index contributed by atoms with van der Waals surface area (Å²) in [6.07, 6.45) is 3.41. The van der Waals surface area contributed by atoms with Gasteiger partial charge < -0.3 is 24.8 Å². The fraction of sp³-hybridized carbons (Fsp3) is 0.227. The van der Waals surface area contributed by atoms with Crippen molar-refractivity contribution in [3.63, 3.8) is 0 Å². The van der Waals surface area contributed by atoms with E-state index in [9.17, 15) is 4.79 Å². The quantitative estimate of drug-likeness (QED) is 0.505. The van der Waals surface area contributed by atoms with Gasteiger partial charge in [-0.05, 0) is 60.6 Å². The first kappa shape index (κ1) is 22.2. The van der Waals surface area contributed by atoms with E-state index in [1.165, 1.54) is 11.8 Å². The number of hydrogen-bond acceptors (Lipinski definition) is 7. The van der Waals surface area contributed by atoms with Crippen LogP contribution in [0.4, 0.5) is 10.5 Å². The highest BCUT2D eigenvalue weighted by Crippen LogP contribution is 2.39. The molecule has 2 aromatic carbocycles. The van der Waals surface area contributed by atoms with E-state index in [0.29, 0.717) is 22.4 Å². The lowest BCUT2D eigenvalue weighted by Gasteiger charge is -2.16. The highest BCUT2D eigenvalue weighted by atomic mass is 32.2. The highest BCUT2D eigenvalue weighted by Gasteiger charge is 2.16. The number of methoxy groups -OCH3 is 3. The summed E-state index contributed by atoms with van der Waals surface area (Å²) in [5.74, 6) is 1.56. The normalized spacial score (nSPS) is 10.3. The third-order valence-corrected chi connectivity index (χ3v) is 5.31. The molecular formula is C22H24N4O4S. The molecule has 0 spiro atoms. The standard InChI is InChI=1S/C22H24N4O4S/c1-14-12-16(31-22-23-10-5-11-24-22)7-8-17(14)26-21(27)25-13-15-6-9-18(28-2)20(30-4)19(15)29-3/h5-12H,13H2,1-4H3,(H2,25,26,27). The van der Waals surface area contributed by atoms with Crippen molar-refractivity contribution < 1.29 is 19.0 Å². The molecule has 0 atom stereocenters. The van der Waals surface area contributed by atoms with E-state index in [-0.39, 0.29) is 12.6 Å². The van der Waals surface area contributed by atoms with E-state index in [2.05, 4.69) is 20.6 Å². The Morgan fingerprint density at radius 2 is 1.74 bits per heavy atom. The van der Waals surface area contributed by atoms with Crippen molar-refractivity contribution in [1.82, 2.24) is 15.3 Å². The molecule has 0 saturated heterocycles. The summed E-state index contributed by atoms with van der Waals surface area (Å²) in [5.41, 5.74) is 2.41. The molecule has 0 aliphatic heterocycles. The summed E-state index contributed by atoms with van der Waals surface area (Å²) in [6.45, 7) is 2.19. The first-order chi connectivity index (χ1) is 15.0. The molecule has 8 nitrogen and oxygen atoms in total. The van der Waals surface area contributed by atoms with Crippen molar-refractivity contribution >= 4 is 23.5 Å². The van der Waals surface area contributed by atoms with Gasteiger partial charge in [0.2, 0.25) is 5.75 Å². The van der Waals surface area contributed by atoms with Gasteiger partial charge in [-0.15, -0.1) is 0 Å². The fourth-order valence-corrected chi connectivity index (χ4v) is 3.74. The third-order valence-electron chi connectivity index (χ3n) is 4.42. The van der Waals surface area contributed by atoms with Crippen LogP contribution in [0.5, 0.6) is 17.2 Å². The van der Waals surface area contributed by atoms with E-state index in [1.807, 2.05) is 31.2 Å². The number of aryl methyl sites for hydroxylation is 1. The predicted octanol–water partition coefficient (Wildman–Crippen LogP) is 4.28. The number of amides is 2. The molecule has 1 aromatic heterocycles. The molecule has 3 rings (SSSR count). The van der Waals surface area contributed by atoms with Gasteiger partial charge in [0.25, 0.3) is 0 Å². The van der Waals surface area contributed by atoms with E-state index in [1.54, 1.807) is 45.9 Å². The maximum Gasteiger partial charge on any atom is 0.319 e. The van der Waals surface area contributed by atoms with Gasteiger partial charge in [-0.3, -0.25) is 0 Å². The maximum absolute atomic E-state index is 12.4. The van der Waals surface area contributed by atoms with Crippen molar-refractivity contribution in [2.45, 2.75) is 23.5 Å². The number of nitrogens with zero attached hydrogens (tertiary/aromatic N) is 2. The second kappa shape index (κ2) is 10.5. The summed E-state index contributed by atoms with van der Waals surface area (Å²) in [4.78, 5) is 21.9. The summed E-state index contributed by atoms with van der Waals surface area (Å²) >= 11 is 1.46. The zero-order valence-electron chi connectivity index (χ0n) is 17.8. The minimum atomic E-state index is -0.327. The van der Waals surface area contributed by atoms with Crippen LogP contribution in [0, 0.1) is 6.92 Å². The van der Waals surface area contributed by atoms with E-state index >= 15 is 0 Å². The number of urea groups is 1. The highest BCUT2D eigenvalue weighted by molar-refractivity contribution is 7.99. The van der Waals surface area contributed by atoms with Gasteiger partial charge in [-0.1, -0.05) is 0 Å². The van der Waals surface area contributed by atoms with Crippen LogP contribution in [0.3, 0.4) is 0 Å². The molecule has 31 heavy (non-hydrogen) atoms. The lowest BCUT2D eigenvalue weighted by Crippen LogP contribution is -2.28. The monoisotopic (exact) mass is 440 g/mol. The Hall–Kier alpha value is -3.46. The average molecular weight is 441 g/mol. The zero-order chi connectivity index (χ0) is 22.2. The predicted molar refractivity (Wildman–Crippen MR) is 119 cm³/mol. The molecular weight excluding hydrogens is 416 g/mol. The summed E-state index contributed by atoms with van der Waals surface area (Å²) in [6, 6.07) is 10.8. The second-order valence-corrected chi connectivity index (χ2v) is 7.45. The van der Waals surface area contributed by atoms with E-state index in [0.717, 1.165) is 21.7 Å². The molecule has 0 aliphatic rings. The molecule has 0 fully saturated rings. The van der Waals surface area contributed by atoms with Crippen molar-refractivity contribution in [2.24, 2.45) is 0 Å². The first-order valence-electron chi connectivity index (χ1n) is 9.44. The number of carbonyl (C=O) groups is 1. The van der Waals surface area contributed by atoms with Crippen LogP contribution in [0.2, 0.25) is 0 Å². The van der Waals surface area contributed by atoms with Crippen LogP contribution in [-0.4, -0.2) is 37.3 Å². The van der Waals surface area contributed by atoms with Crippen LogP contribution in [0.1, 0.15) is 11.1 Å². The van der Waals surface area contributed by atoms with Crippen molar-refractivity contribution in [3.05, 3.63) is 59.9 Å². The minimum absolute atomic E-state index is 0.258. The number of anilines is 1. The van der Waals surface area contributed by atoms with Crippen molar-refractivity contribution in [3.8, 4) is 17.2 Å². The molecule has 2 N–H and O–H groups in total. The van der Waals surface area contributed by atoms with Crippen LogP contribution in [0.25, 0.3) is 0 Å². The van der Waals surface area contributed by atoms with Crippen LogP contribution >= 0.6 is 11.8 Å². The molecule has 9 heteroatoms. The number of carbonyl (C=O) groups excluding carboxylic acids is 1. The Morgan fingerprint density at radius 3 is 2.39 bits per heavy atom. The lowest BCUT2D eigenvalue weighted by molar-refractivity contribution is 0.251. The molecule has 0 radical (unpaired) electrons. The van der Waals surface area contributed by atoms with Crippen molar-refractivity contribution in [1.29, 1.82) is 0 Å². The Bertz CT molecular complexity index is 1050. The minimum Gasteiger partial charge on any atom is -0.493 e. The molecule has 3 aromatic rings. The summed E-state index contributed by atoms with van der Waals surface area (Å²) in [7, 11) is 4.64. The Kier molecular flexibility index (Phi) is 7.55. The molecule has 2 amide bonds. The lowest BCUT2D eigenvalue weighted by atomic mass is 10.1. The van der Waals surface area contributed by atoms with Gasteiger partial charge in [0.1, 0.15) is 0 Å².